The van der Waals surface area contributed by atoms with Crippen molar-refractivity contribution >= 4 is 45.0 Å². The van der Waals surface area contributed by atoms with Crippen LogP contribution >= 0.6 is 23.4 Å². The van der Waals surface area contributed by atoms with Gasteiger partial charge in [0.25, 0.3) is 15.9 Å². The van der Waals surface area contributed by atoms with Gasteiger partial charge in [-0.15, -0.1) is 0 Å². The summed E-state index contributed by atoms with van der Waals surface area (Å²) in [4.78, 5) is 13.5. The maximum Gasteiger partial charge on any atom is 0.264 e. The third-order valence-electron chi connectivity index (χ3n) is 6.32. The molecular formula is C31H31ClN2O3S2. The summed E-state index contributed by atoms with van der Waals surface area (Å²) >= 11 is 7.80. The number of anilines is 1. The molecule has 0 radical (unpaired) electrons. The number of para-hydroxylation sites is 1. The van der Waals surface area contributed by atoms with E-state index in [9.17, 15) is 13.2 Å². The van der Waals surface area contributed by atoms with Crippen molar-refractivity contribution in [3.63, 3.8) is 0 Å². The molecule has 4 rings (SSSR count). The fourth-order valence-electron chi connectivity index (χ4n) is 4.06. The summed E-state index contributed by atoms with van der Waals surface area (Å²) in [5.41, 5.74) is 4.84. The summed E-state index contributed by atoms with van der Waals surface area (Å²) in [6.45, 7) is 4.51. The summed E-state index contributed by atoms with van der Waals surface area (Å²) in [7, 11) is -3.98. The van der Waals surface area contributed by atoms with Crippen LogP contribution in [0.1, 0.15) is 32.6 Å². The zero-order valence-electron chi connectivity index (χ0n) is 21.9. The number of hydrogen-bond acceptors (Lipinski definition) is 4. The second kappa shape index (κ2) is 13.2. The molecule has 0 aliphatic carbocycles. The van der Waals surface area contributed by atoms with E-state index < -0.39 is 10.0 Å². The van der Waals surface area contributed by atoms with E-state index in [0.717, 1.165) is 22.6 Å². The Kier molecular flexibility index (Phi) is 9.73. The van der Waals surface area contributed by atoms with Gasteiger partial charge in [0, 0.05) is 23.1 Å². The van der Waals surface area contributed by atoms with Crippen molar-refractivity contribution in [1.82, 2.24) is 5.32 Å². The molecule has 4 aromatic rings. The molecule has 0 atom stereocenters. The summed E-state index contributed by atoms with van der Waals surface area (Å²) in [6, 6.07) is 28.8. The molecule has 202 valence electrons. The highest BCUT2D eigenvalue weighted by Crippen LogP contribution is 2.30. The number of hydrogen-bond donors (Lipinski definition) is 1. The van der Waals surface area contributed by atoms with Crippen molar-refractivity contribution in [2.75, 3.05) is 16.6 Å². The molecule has 39 heavy (non-hydrogen) atoms. The minimum Gasteiger partial charge on any atom is -0.351 e. The highest BCUT2D eigenvalue weighted by atomic mass is 35.5. The Morgan fingerprint density at radius 2 is 1.54 bits per heavy atom. The lowest BCUT2D eigenvalue weighted by Crippen LogP contribution is -2.34. The van der Waals surface area contributed by atoms with Crippen LogP contribution in [0.2, 0.25) is 5.02 Å². The van der Waals surface area contributed by atoms with Crippen LogP contribution < -0.4 is 9.62 Å². The summed E-state index contributed by atoms with van der Waals surface area (Å²) < 4.78 is 29.1. The van der Waals surface area contributed by atoms with Crippen LogP contribution in [0.15, 0.2) is 102 Å². The van der Waals surface area contributed by atoms with Crippen molar-refractivity contribution in [1.29, 1.82) is 0 Å². The average Bonchev–Trinajstić information content (AvgIpc) is 2.93. The lowest BCUT2D eigenvalue weighted by molar-refractivity contribution is 0.0957. The number of nitrogens with one attached hydrogen (secondary N) is 1. The fourth-order valence-corrected chi connectivity index (χ4v) is 6.59. The monoisotopic (exact) mass is 578 g/mol. The highest BCUT2D eigenvalue weighted by Gasteiger charge is 2.28. The van der Waals surface area contributed by atoms with Gasteiger partial charge in [0.1, 0.15) is 0 Å². The lowest BCUT2D eigenvalue weighted by Gasteiger charge is -2.27. The van der Waals surface area contributed by atoms with Crippen LogP contribution in [-0.2, 0) is 22.3 Å². The first kappa shape index (κ1) is 28.7. The number of rotatable bonds is 11. The molecule has 0 aliphatic heterocycles. The minimum absolute atomic E-state index is 0.0456. The first-order valence-electron chi connectivity index (χ1n) is 12.6. The SMILES string of the molecule is Cc1ccc(S(=O)(=O)N(Cc2ccc(Cl)cc2)c2ccccc2C(=O)NCCSCc2ccccc2C)cc1. The van der Waals surface area contributed by atoms with Crippen LogP contribution in [0.5, 0.6) is 0 Å². The molecule has 0 aliphatic rings. The van der Waals surface area contributed by atoms with E-state index in [1.165, 1.54) is 15.4 Å². The Morgan fingerprint density at radius 3 is 2.26 bits per heavy atom. The van der Waals surface area contributed by atoms with Gasteiger partial charge in [0.2, 0.25) is 0 Å². The van der Waals surface area contributed by atoms with Crippen molar-refractivity contribution in [2.24, 2.45) is 0 Å². The van der Waals surface area contributed by atoms with Crippen molar-refractivity contribution in [2.45, 2.75) is 31.0 Å². The predicted molar refractivity (Wildman–Crippen MR) is 162 cm³/mol. The maximum atomic E-state index is 13.9. The first-order valence-corrected chi connectivity index (χ1v) is 15.6. The number of thioether (sulfide) groups is 1. The Balaban J connectivity index is 1.56. The molecule has 0 saturated heterocycles. The van der Waals surface area contributed by atoms with Crippen LogP contribution in [0.4, 0.5) is 5.69 Å². The number of halogens is 1. The van der Waals surface area contributed by atoms with Crippen LogP contribution in [0.25, 0.3) is 0 Å². The van der Waals surface area contributed by atoms with Gasteiger partial charge >= 0.3 is 0 Å². The van der Waals surface area contributed by atoms with Gasteiger partial charge in [-0.05, 0) is 66.9 Å². The number of benzene rings is 4. The van der Waals surface area contributed by atoms with Gasteiger partial charge in [-0.2, -0.15) is 11.8 Å². The topological polar surface area (TPSA) is 66.5 Å². The molecule has 1 amide bonds. The fraction of sp³-hybridized carbons (Fsp3) is 0.194. The van der Waals surface area contributed by atoms with Crippen molar-refractivity contribution in [3.8, 4) is 0 Å². The molecule has 0 saturated carbocycles. The van der Waals surface area contributed by atoms with Crippen LogP contribution in [0.3, 0.4) is 0 Å². The van der Waals surface area contributed by atoms with E-state index in [4.69, 9.17) is 11.6 Å². The standard InChI is InChI=1S/C31H31ClN2O3S2/c1-23-11-17-28(18-12-23)39(36,37)34(21-25-13-15-27(32)16-14-25)30-10-6-5-9-29(30)31(35)33-19-20-38-22-26-8-4-3-7-24(26)2/h3-18H,19-22H2,1-2H3,(H,33,35). The van der Waals surface area contributed by atoms with Gasteiger partial charge in [0.15, 0.2) is 0 Å². The number of nitrogens with zero attached hydrogens (tertiary/aromatic N) is 1. The Hall–Kier alpha value is -3.26. The molecule has 4 aromatic carbocycles. The largest absolute Gasteiger partial charge is 0.351 e. The smallest absolute Gasteiger partial charge is 0.264 e. The summed E-state index contributed by atoms with van der Waals surface area (Å²) in [5.74, 6) is 1.28. The molecule has 5 nitrogen and oxygen atoms in total. The van der Waals surface area contributed by atoms with Crippen molar-refractivity contribution < 1.29 is 13.2 Å². The summed E-state index contributed by atoms with van der Waals surface area (Å²) in [5, 5.41) is 3.53. The normalized spacial score (nSPS) is 11.3. The molecule has 0 bridgehead atoms. The van der Waals surface area contributed by atoms with E-state index in [1.807, 2.05) is 19.1 Å². The second-order valence-corrected chi connectivity index (χ2v) is 12.6. The third kappa shape index (κ3) is 7.44. The Bertz CT molecular complexity index is 1520. The minimum atomic E-state index is -3.98. The molecule has 0 unspecified atom stereocenters. The highest BCUT2D eigenvalue weighted by molar-refractivity contribution is 7.98. The number of sulfonamides is 1. The van der Waals surface area contributed by atoms with Gasteiger partial charge < -0.3 is 5.32 Å². The van der Waals surface area contributed by atoms with E-state index >= 15 is 0 Å². The van der Waals surface area contributed by atoms with E-state index in [2.05, 4.69) is 24.4 Å². The Morgan fingerprint density at radius 1 is 0.872 bits per heavy atom. The van der Waals surface area contributed by atoms with Gasteiger partial charge in [0.05, 0.1) is 22.7 Å². The van der Waals surface area contributed by atoms with Crippen LogP contribution in [0, 0.1) is 13.8 Å². The van der Waals surface area contributed by atoms with E-state index in [0.29, 0.717) is 22.8 Å². The van der Waals surface area contributed by atoms with Gasteiger partial charge in [-0.25, -0.2) is 8.42 Å². The molecule has 8 heteroatoms. The first-order chi connectivity index (χ1) is 18.8. The number of amides is 1. The quantitative estimate of drug-likeness (QED) is 0.194. The van der Waals surface area contributed by atoms with E-state index in [-0.39, 0.29) is 17.3 Å². The third-order valence-corrected chi connectivity index (χ3v) is 9.35. The predicted octanol–water partition coefficient (Wildman–Crippen LogP) is 7.02. The maximum absolute atomic E-state index is 13.9. The Labute approximate surface area is 240 Å². The van der Waals surface area contributed by atoms with E-state index in [1.54, 1.807) is 84.6 Å². The van der Waals surface area contributed by atoms with Gasteiger partial charge in [-0.3, -0.25) is 9.10 Å². The number of carbonyl (C=O) groups excluding carboxylic acids is 1. The molecule has 0 spiro atoms. The molecule has 1 N–H and O–H groups in total. The number of carbonyl (C=O) groups is 1. The van der Waals surface area contributed by atoms with Crippen LogP contribution in [-0.4, -0.2) is 26.6 Å². The molecular weight excluding hydrogens is 548 g/mol. The summed E-state index contributed by atoms with van der Waals surface area (Å²) in [6.07, 6.45) is 0. The number of aryl methyl sites for hydroxylation is 2. The van der Waals surface area contributed by atoms with Crippen molar-refractivity contribution in [3.05, 3.63) is 130 Å². The molecule has 0 fully saturated rings. The van der Waals surface area contributed by atoms with Gasteiger partial charge in [-0.1, -0.05) is 77.8 Å². The second-order valence-electron chi connectivity index (χ2n) is 9.20. The lowest BCUT2D eigenvalue weighted by atomic mass is 10.1. The zero-order chi connectivity index (χ0) is 27.8. The zero-order valence-corrected chi connectivity index (χ0v) is 24.3. The molecule has 0 heterocycles. The average molecular weight is 579 g/mol. The molecule has 0 aromatic heterocycles.